The van der Waals surface area contributed by atoms with Crippen LogP contribution in [0.2, 0.25) is 0 Å². The van der Waals surface area contributed by atoms with Gasteiger partial charge in [0.2, 0.25) is 0 Å². The zero-order valence-corrected chi connectivity index (χ0v) is 31.1. The van der Waals surface area contributed by atoms with E-state index in [0.717, 1.165) is 46.6 Å². The first-order valence-corrected chi connectivity index (χ1v) is 19.3. The van der Waals surface area contributed by atoms with E-state index < -0.39 is 0 Å². The predicted molar refractivity (Wildman–Crippen MR) is 230 cm³/mol. The van der Waals surface area contributed by atoms with Crippen LogP contribution in [0, 0.1) is 0 Å². The van der Waals surface area contributed by atoms with Crippen molar-refractivity contribution in [2.24, 2.45) is 4.99 Å². The molecule has 1 unspecified atom stereocenters. The summed E-state index contributed by atoms with van der Waals surface area (Å²) in [5, 5.41) is 6.36. The maximum Gasteiger partial charge on any atom is 0.134 e. The van der Waals surface area contributed by atoms with Crippen molar-refractivity contribution in [2.75, 3.05) is 0 Å². The van der Waals surface area contributed by atoms with Gasteiger partial charge in [0.15, 0.2) is 0 Å². The number of aromatic nitrogens is 1. The summed E-state index contributed by atoms with van der Waals surface area (Å²) in [5.41, 5.74) is 17.4. The van der Waals surface area contributed by atoms with Crippen LogP contribution in [-0.2, 0) is 5.41 Å². The smallest absolute Gasteiger partial charge is 0.134 e. The van der Waals surface area contributed by atoms with Crippen molar-refractivity contribution in [3.63, 3.8) is 0 Å². The van der Waals surface area contributed by atoms with Crippen LogP contribution in [0.15, 0.2) is 187 Å². The van der Waals surface area contributed by atoms with Crippen LogP contribution in [0.1, 0.15) is 54.5 Å². The van der Waals surface area contributed by atoms with E-state index in [1.54, 1.807) is 0 Å². The molecule has 7 aromatic rings. The van der Waals surface area contributed by atoms with Crippen LogP contribution in [0.4, 0.5) is 0 Å². The fraction of sp³-hybridized carbons (Fsp3) is 0.115. The van der Waals surface area contributed by atoms with Gasteiger partial charge in [-0.2, -0.15) is 0 Å². The zero-order valence-electron chi connectivity index (χ0n) is 31.1. The van der Waals surface area contributed by atoms with Crippen molar-refractivity contribution < 1.29 is 0 Å². The molecule has 3 aliphatic rings. The molecule has 0 spiro atoms. The Morgan fingerprint density at radius 2 is 1.29 bits per heavy atom. The first kappa shape index (κ1) is 33.0. The molecule has 1 aromatic heterocycles. The molecule has 1 aliphatic heterocycles. The van der Waals surface area contributed by atoms with E-state index in [4.69, 9.17) is 4.99 Å². The molecule has 2 aliphatic carbocycles. The van der Waals surface area contributed by atoms with E-state index >= 15 is 0 Å². The second-order valence-electron chi connectivity index (χ2n) is 15.4. The van der Waals surface area contributed by atoms with E-state index in [-0.39, 0.29) is 11.5 Å². The molecule has 1 N–H and O–H groups in total. The lowest BCUT2D eigenvalue weighted by Gasteiger charge is -2.28. The van der Waals surface area contributed by atoms with E-state index in [9.17, 15) is 0 Å². The molecule has 6 aromatic carbocycles. The first-order valence-electron chi connectivity index (χ1n) is 19.3. The Bertz CT molecular complexity index is 2740. The summed E-state index contributed by atoms with van der Waals surface area (Å²) >= 11 is 0. The monoisotopic (exact) mass is 707 g/mol. The molecule has 264 valence electrons. The Hall–Kier alpha value is -6.58. The van der Waals surface area contributed by atoms with Crippen molar-refractivity contribution in [3.8, 4) is 33.4 Å². The molecule has 0 saturated carbocycles. The van der Waals surface area contributed by atoms with Gasteiger partial charge in [0.05, 0.1) is 11.7 Å². The Morgan fingerprint density at radius 1 is 0.564 bits per heavy atom. The van der Waals surface area contributed by atoms with Crippen LogP contribution in [0.3, 0.4) is 0 Å². The van der Waals surface area contributed by atoms with Gasteiger partial charge >= 0.3 is 0 Å². The SMILES string of the molecule is CC1(C)c2ccccc2-c2ccc(C3=CC=C(C4C=C(c5ccc(-c6cccnc6)cc5)N=C(c5cccc(-c6cccc7ccccc67)c5)N4)CC3)cc21. The maximum atomic E-state index is 5.31. The molecule has 0 amide bonds. The number of benzene rings is 6. The zero-order chi connectivity index (χ0) is 36.9. The van der Waals surface area contributed by atoms with Crippen molar-refractivity contribution >= 4 is 27.9 Å². The lowest BCUT2D eigenvalue weighted by Crippen LogP contribution is -2.38. The van der Waals surface area contributed by atoms with Crippen LogP contribution < -0.4 is 5.32 Å². The van der Waals surface area contributed by atoms with Crippen molar-refractivity contribution in [1.82, 2.24) is 10.3 Å². The summed E-state index contributed by atoms with van der Waals surface area (Å²) in [6.45, 7) is 4.72. The van der Waals surface area contributed by atoms with Gasteiger partial charge in [0.1, 0.15) is 5.84 Å². The Kier molecular flexibility index (Phi) is 8.03. The average molecular weight is 708 g/mol. The van der Waals surface area contributed by atoms with Gasteiger partial charge in [-0.15, -0.1) is 0 Å². The van der Waals surface area contributed by atoms with Crippen LogP contribution in [-0.4, -0.2) is 16.9 Å². The quantitative estimate of drug-likeness (QED) is 0.187. The van der Waals surface area contributed by atoms with Crippen LogP contribution >= 0.6 is 0 Å². The van der Waals surface area contributed by atoms with Crippen molar-refractivity contribution in [2.45, 2.75) is 38.1 Å². The third-order valence-electron chi connectivity index (χ3n) is 11.8. The number of amidine groups is 1. The van der Waals surface area contributed by atoms with Gasteiger partial charge in [-0.25, -0.2) is 4.99 Å². The standard InChI is InChI=1S/C52H41N3/c1-52(2)47-18-6-5-16-45(47)46-28-27-39(31-48(46)52)34-19-23-37(24-20-34)49-32-50(38-25-21-35(22-26-38)42-14-9-29-53-33-42)55-51(54-49)41-13-7-12-40(30-41)44-17-8-11-36-10-3-4-15-43(36)44/h3-19,21-23,25-33,49H,20,24H2,1-2H3,(H,54,55). The summed E-state index contributed by atoms with van der Waals surface area (Å²) in [6, 6.07) is 52.7. The van der Waals surface area contributed by atoms with Gasteiger partial charge in [-0.05, 0) is 115 Å². The van der Waals surface area contributed by atoms with Gasteiger partial charge in [0.25, 0.3) is 0 Å². The number of hydrogen-bond donors (Lipinski definition) is 1. The number of hydrogen-bond acceptors (Lipinski definition) is 3. The highest BCUT2D eigenvalue weighted by Crippen LogP contribution is 2.49. The number of nitrogens with one attached hydrogen (secondary N) is 1. The van der Waals surface area contributed by atoms with E-state index in [1.165, 1.54) is 60.9 Å². The largest absolute Gasteiger partial charge is 0.359 e. The molecule has 0 bridgehead atoms. The second kappa shape index (κ2) is 13.4. The van der Waals surface area contributed by atoms with Gasteiger partial charge < -0.3 is 5.32 Å². The molecule has 55 heavy (non-hydrogen) atoms. The Morgan fingerprint density at radius 3 is 2.15 bits per heavy atom. The molecule has 1 atom stereocenters. The third-order valence-corrected chi connectivity index (χ3v) is 11.8. The van der Waals surface area contributed by atoms with E-state index in [2.05, 4.69) is 182 Å². The van der Waals surface area contributed by atoms with E-state index in [1.807, 2.05) is 18.5 Å². The van der Waals surface area contributed by atoms with Crippen LogP contribution in [0.25, 0.3) is 55.4 Å². The minimum Gasteiger partial charge on any atom is -0.359 e. The summed E-state index contributed by atoms with van der Waals surface area (Å²) in [4.78, 5) is 9.63. The molecular weight excluding hydrogens is 667 g/mol. The number of rotatable bonds is 6. The van der Waals surface area contributed by atoms with Gasteiger partial charge in [0, 0.05) is 23.4 Å². The number of nitrogens with zero attached hydrogens (tertiary/aromatic N) is 2. The number of pyridine rings is 1. The molecule has 10 rings (SSSR count). The molecule has 0 fully saturated rings. The van der Waals surface area contributed by atoms with Crippen molar-refractivity contribution in [1.29, 1.82) is 0 Å². The summed E-state index contributed by atoms with van der Waals surface area (Å²) < 4.78 is 0. The highest BCUT2D eigenvalue weighted by Gasteiger charge is 2.35. The minimum absolute atomic E-state index is 0.00737. The fourth-order valence-electron chi connectivity index (χ4n) is 8.78. The van der Waals surface area contributed by atoms with Crippen molar-refractivity contribution in [3.05, 3.63) is 210 Å². The minimum atomic E-state index is -0.0117. The molecule has 0 radical (unpaired) electrons. The van der Waals surface area contributed by atoms with E-state index in [0.29, 0.717) is 0 Å². The van der Waals surface area contributed by atoms with Crippen LogP contribution in [0.5, 0.6) is 0 Å². The summed E-state index contributed by atoms with van der Waals surface area (Å²) in [7, 11) is 0. The summed E-state index contributed by atoms with van der Waals surface area (Å²) in [6.07, 6.45) is 12.7. The highest BCUT2D eigenvalue weighted by molar-refractivity contribution is 6.05. The summed E-state index contributed by atoms with van der Waals surface area (Å²) in [5.74, 6) is 0.886. The lowest BCUT2D eigenvalue weighted by atomic mass is 9.81. The highest BCUT2D eigenvalue weighted by atomic mass is 15.0. The molecule has 0 saturated heterocycles. The molecule has 2 heterocycles. The van der Waals surface area contributed by atoms with Gasteiger partial charge in [-0.3, -0.25) is 4.98 Å². The Labute approximate surface area is 323 Å². The second-order valence-corrected chi connectivity index (χ2v) is 15.4. The lowest BCUT2D eigenvalue weighted by molar-refractivity contribution is 0.660. The molecule has 3 heteroatoms. The third kappa shape index (κ3) is 5.93. The molecular formula is C52H41N3. The predicted octanol–water partition coefficient (Wildman–Crippen LogP) is 12.4. The fourth-order valence-corrected chi connectivity index (χ4v) is 8.78. The number of aliphatic imine (C=N–C) groups is 1. The van der Waals surface area contributed by atoms with Gasteiger partial charge in [-0.1, -0.05) is 153 Å². The normalized spacial score (nSPS) is 16.9. The average Bonchev–Trinajstić information content (AvgIpc) is 3.49. The number of fused-ring (bicyclic) bond motifs is 4. The molecule has 3 nitrogen and oxygen atoms in total. The maximum absolute atomic E-state index is 5.31. The topological polar surface area (TPSA) is 37.3 Å². The number of allylic oxidation sites excluding steroid dienone is 3. The first-order chi connectivity index (χ1) is 27.0. The Balaban J connectivity index is 1.00.